The van der Waals surface area contributed by atoms with Gasteiger partial charge in [0.05, 0.1) is 9.83 Å². The van der Waals surface area contributed by atoms with Crippen molar-refractivity contribution in [3.05, 3.63) is 19.2 Å². The normalized spacial score (nSPS) is 13.2. The molecule has 0 aliphatic heterocycles. The molecule has 0 saturated carbocycles. The van der Waals surface area contributed by atoms with Crippen LogP contribution in [-0.4, -0.2) is 0 Å². The molecule has 1 heterocycles. The zero-order valence-electron chi connectivity index (χ0n) is 7.31. The Morgan fingerprint density at radius 3 is 2.69 bits per heavy atom. The summed E-state index contributed by atoms with van der Waals surface area (Å²) in [6, 6.07) is 2.38. The first kappa shape index (κ1) is 11.7. The van der Waals surface area contributed by atoms with Crippen LogP contribution in [0.15, 0.2) is 14.3 Å². The summed E-state index contributed by atoms with van der Waals surface area (Å²) in [6.07, 6.45) is 2.19. The molecule has 0 aliphatic rings. The van der Waals surface area contributed by atoms with Crippen LogP contribution in [0.5, 0.6) is 0 Å². The Bertz CT molecular complexity index is 256. The van der Waals surface area contributed by atoms with Gasteiger partial charge < -0.3 is 0 Å². The number of hydrogen-bond acceptors (Lipinski definition) is 3. The fourth-order valence-electron chi connectivity index (χ4n) is 1.13. The highest BCUT2D eigenvalue weighted by molar-refractivity contribution is 9.13. The first-order chi connectivity index (χ1) is 6.19. The molecule has 0 spiro atoms. The van der Waals surface area contributed by atoms with E-state index in [0.29, 0.717) is 0 Å². The summed E-state index contributed by atoms with van der Waals surface area (Å²) in [5.74, 6) is 5.48. The van der Waals surface area contributed by atoms with Crippen LogP contribution in [0.25, 0.3) is 0 Å². The molecule has 1 aromatic heterocycles. The van der Waals surface area contributed by atoms with Gasteiger partial charge in [-0.2, -0.15) is 0 Å². The van der Waals surface area contributed by atoms with Crippen molar-refractivity contribution in [2.45, 2.75) is 25.8 Å². The molecule has 1 rings (SSSR count). The van der Waals surface area contributed by atoms with E-state index in [1.165, 1.54) is 4.88 Å². The minimum atomic E-state index is 0.276. The van der Waals surface area contributed by atoms with E-state index in [-0.39, 0.29) is 6.04 Å². The van der Waals surface area contributed by atoms with Gasteiger partial charge in [-0.1, -0.05) is 13.3 Å². The highest BCUT2D eigenvalue weighted by atomic mass is 79.9. The Hall–Kier alpha value is 0.580. The van der Waals surface area contributed by atoms with E-state index < -0.39 is 0 Å². The van der Waals surface area contributed by atoms with Crippen molar-refractivity contribution in [2.24, 2.45) is 5.84 Å². The SMILES string of the molecule is CCCC(NN)c1cc(Br)c(Br)s1. The Labute approximate surface area is 99.1 Å². The molecule has 5 heteroatoms. The van der Waals surface area contributed by atoms with E-state index in [1.807, 2.05) is 0 Å². The molecule has 0 bridgehead atoms. The highest BCUT2D eigenvalue weighted by Crippen LogP contribution is 2.36. The third-order valence-electron chi connectivity index (χ3n) is 1.79. The Balaban J connectivity index is 2.78. The van der Waals surface area contributed by atoms with Crippen LogP contribution in [-0.2, 0) is 0 Å². The summed E-state index contributed by atoms with van der Waals surface area (Å²) in [5, 5.41) is 0. The number of thiophene rings is 1. The summed E-state index contributed by atoms with van der Waals surface area (Å²) in [7, 11) is 0. The van der Waals surface area contributed by atoms with Crippen molar-refractivity contribution in [1.82, 2.24) is 5.43 Å². The van der Waals surface area contributed by atoms with Gasteiger partial charge >= 0.3 is 0 Å². The van der Waals surface area contributed by atoms with Gasteiger partial charge in [0.15, 0.2) is 0 Å². The maximum absolute atomic E-state index is 5.48. The quantitative estimate of drug-likeness (QED) is 0.655. The third-order valence-corrected chi connectivity index (χ3v) is 5.16. The predicted molar refractivity (Wildman–Crippen MR) is 64.7 cm³/mol. The summed E-state index contributed by atoms with van der Waals surface area (Å²) in [5.41, 5.74) is 2.83. The standard InChI is InChI=1S/C8H12Br2N2S/c1-2-3-6(12-11)7-4-5(9)8(10)13-7/h4,6,12H,2-3,11H2,1H3. The lowest BCUT2D eigenvalue weighted by atomic mass is 10.1. The molecule has 0 aliphatic carbocycles. The number of nitrogens with two attached hydrogens (primary N) is 1. The van der Waals surface area contributed by atoms with Crippen LogP contribution in [0, 0.1) is 0 Å². The molecule has 0 radical (unpaired) electrons. The fourth-order valence-corrected chi connectivity index (χ4v) is 3.32. The number of hydrazine groups is 1. The molecule has 1 unspecified atom stereocenters. The minimum Gasteiger partial charge on any atom is -0.271 e. The van der Waals surface area contributed by atoms with Crippen molar-refractivity contribution in [3.8, 4) is 0 Å². The first-order valence-corrected chi connectivity index (χ1v) is 6.50. The van der Waals surface area contributed by atoms with Gasteiger partial charge in [0, 0.05) is 9.35 Å². The molecule has 13 heavy (non-hydrogen) atoms. The smallest absolute Gasteiger partial charge is 0.0843 e. The van der Waals surface area contributed by atoms with Gasteiger partial charge in [-0.25, -0.2) is 0 Å². The molecule has 1 aromatic rings. The molecule has 1 atom stereocenters. The molecule has 3 N–H and O–H groups in total. The Morgan fingerprint density at radius 1 is 1.62 bits per heavy atom. The van der Waals surface area contributed by atoms with Gasteiger partial charge in [-0.3, -0.25) is 11.3 Å². The molecule has 0 saturated heterocycles. The van der Waals surface area contributed by atoms with Crippen molar-refractivity contribution in [1.29, 1.82) is 0 Å². The monoisotopic (exact) mass is 326 g/mol. The Morgan fingerprint density at radius 2 is 2.31 bits per heavy atom. The van der Waals surface area contributed by atoms with Crippen molar-refractivity contribution in [2.75, 3.05) is 0 Å². The van der Waals surface area contributed by atoms with Crippen LogP contribution in [0.2, 0.25) is 0 Å². The van der Waals surface area contributed by atoms with Gasteiger partial charge in [0.2, 0.25) is 0 Å². The number of rotatable bonds is 4. The second kappa shape index (κ2) is 5.46. The molecule has 74 valence electrons. The van der Waals surface area contributed by atoms with Crippen LogP contribution in [0.1, 0.15) is 30.7 Å². The summed E-state index contributed by atoms with van der Waals surface area (Å²) in [4.78, 5) is 1.27. The van der Waals surface area contributed by atoms with E-state index >= 15 is 0 Å². The van der Waals surface area contributed by atoms with Crippen LogP contribution in [0.3, 0.4) is 0 Å². The summed E-state index contributed by atoms with van der Waals surface area (Å²) in [6.45, 7) is 2.15. The zero-order chi connectivity index (χ0) is 9.84. The second-order valence-electron chi connectivity index (χ2n) is 2.78. The van der Waals surface area contributed by atoms with Gasteiger partial charge in [-0.05, 0) is 44.3 Å². The van der Waals surface area contributed by atoms with Crippen LogP contribution >= 0.6 is 43.2 Å². The fraction of sp³-hybridized carbons (Fsp3) is 0.500. The average molecular weight is 328 g/mol. The third kappa shape index (κ3) is 3.02. The second-order valence-corrected chi connectivity index (χ2v) is 6.03. The lowest BCUT2D eigenvalue weighted by Crippen LogP contribution is -2.27. The summed E-state index contributed by atoms with van der Waals surface area (Å²) < 4.78 is 2.22. The number of halogens is 2. The molecular weight excluding hydrogens is 316 g/mol. The van der Waals surface area contributed by atoms with E-state index in [2.05, 4.69) is 50.3 Å². The predicted octanol–water partition coefficient (Wildman–Crippen LogP) is 3.58. The zero-order valence-corrected chi connectivity index (χ0v) is 11.3. The number of hydrogen-bond donors (Lipinski definition) is 2. The van der Waals surface area contributed by atoms with Gasteiger partial charge in [0.1, 0.15) is 0 Å². The lowest BCUT2D eigenvalue weighted by molar-refractivity contribution is 0.517. The van der Waals surface area contributed by atoms with E-state index in [4.69, 9.17) is 5.84 Å². The van der Waals surface area contributed by atoms with Crippen LogP contribution < -0.4 is 11.3 Å². The van der Waals surface area contributed by atoms with Gasteiger partial charge in [-0.15, -0.1) is 11.3 Å². The molecule has 0 fully saturated rings. The van der Waals surface area contributed by atoms with E-state index in [0.717, 1.165) is 21.1 Å². The largest absolute Gasteiger partial charge is 0.271 e. The summed E-state index contributed by atoms with van der Waals surface area (Å²) >= 11 is 8.64. The lowest BCUT2D eigenvalue weighted by Gasteiger charge is -2.11. The molecule has 2 nitrogen and oxygen atoms in total. The minimum absolute atomic E-state index is 0.276. The topological polar surface area (TPSA) is 38.0 Å². The molecular formula is C8H12Br2N2S. The van der Waals surface area contributed by atoms with E-state index in [1.54, 1.807) is 11.3 Å². The average Bonchev–Trinajstić information content (AvgIpc) is 2.43. The van der Waals surface area contributed by atoms with Crippen LogP contribution in [0.4, 0.5) is 0 Å². The highest BCUT2D eigenvalue weighted by Gasteiger charge is 2.13. The molecule has 0 amide bonds. The molecule has 0 aromatic carbocycles. The maximum atomic E-state index is 5.48. The van der Waals surface area contributed by atoms with Gasteiger partial charge in [0.25, 0.3) is 0 Å². The van der Waals surface area contributed by atoms with Crippen molar-refractivity contribution >= 4 is 43.2 Å². The Kier molecular flexibility index (Phi) is 4.89. The van der Waals surface area contributed by atoms with Crippen molar-refractivity contribution in [3.63, 3.8) is 0 Å². The van der Waals surface area contributed by atoms with E-state index in [9.17, 15) is 0 Å². The van der Waals surface area contributed by atoms with Crippen molar-refractivity contribution < 1.29 is 0 Å². The maximum Gasteiger partial charge on any atom is 0.0843 e. The first-order valence-electron chi connectivity index (χ1n) is 4.09. The number of nitrogens with one attached hydrogen (secondary N) is 1.